The highest BCUT2D eigenvalue weighted by atomic mass is 16.5. The Morgan fingerprint density at radius 1 is 0.970 bits per heavy atom. The van der Waals surface area contributed by atoms with E-state index in [2.05, 4.69) is 22.8 Å². The van der Waals surface area contributed by atoms with Crippen LogP contribution in [0.2, 0.25) is 0 Å². The first kappa shape index (κ1) is 22.3. The summed E-state index contributed by atoms with van der Waals surface area (Å²) in [6.07, 6.45) is 1.79. The van der Waals surface area contributed by atoms with Gasteiger partial charge in [-0.2, -0.15) is 0 Å². The van der Waals surface area contributed by atoms with Crippen LogP contribution in [0.4, 0.5) is 11.5 Å². The van der Waals surface area contributed by atoms with Crippen LogP contribution in [0.1, 0.15) is 36.2 Å². The van der Waals surface area contributed by atoms with Crippen LogP contribution >= 0.6 is 0 Å². The lowest BCUT2D eigenvalue weighted by Gasteiger charge is -2.16. The van der Waals surface area contributed by atoms with Gasteiger partial charge in [-0.15, -0.1) is 0 Å². The van der Waals surface area contributed by atoms with Crippen LogP contribution < -0.4 is 15.4 Å². The molecule has 0 bridgehead atoms. The summed E-state index contributed by atoms with van der Waals surface area (Å²) in [7, 11) is 0. The Bertz CT molecular complexity index is 1210. The summed E-state index contributed by atoms with van der Waals surface area (Å²) in [5.74, 6) is 1.35. The molecule has 0 radical (unpaired) electrons. The lowest BCUT2D eigenvalue weighted by molar-refractivity contribution is 0.0940. The highest BCUT2D eigenvalue weighted by Gasteiger charge is 2.15. The quantitative estimate of drug-likeness (QED) is 0.329. The van der Waals surface area contributed by atoms with E-state index in [0.29, 0.717) is 18.0 Å². The van der Waals surface area contributed by atoms with Crippen LogP contribution in [-0.4, -0.2) is 23.5 Å². The van der Waals surface area contributed by atoms with E-state index >= 15 is 0 Å². The zero-order chi connectivity index (χ0) is 23.0. The van der Waals surface area contributed by atoms with Gasteiger partial charge in [-0.25, -0.2) is 4.98 Å². The number of hydrogen-bond donors (Lipinski definition) is 2. The van der Waals surface area contributed by atoms with Crippen molar-refractivity contribution in [2.24, 2.45) is 0 Å². The number of pyridine rings is 1. The number of benzene rings is 3. The third-order valence-corrected chi connectivity index (χ3v) is 5.48. The number of nitrogens with zero attached hydrogens (tertiary/aromatic N) is 1. The van der Waals surface area contributed by atoms with E-state index in [0.717, 1.165) is 35.2 Å². The predicted octanol–water partition coefficient (Wildman–Crippen LogP) is 6.13. The number of nitrogens with one attached hydrogen (secondary N) is 2. The van der Waals surface area contributed by atoms with Crippen molar-refractivity contribution in [3.63, 3.8) is 0 Å². The summed E-state index contributed by atoms with van der Waals surface area (Å²) in [5.41, 5.74) is 3.54. The Hall–Kier alpha value is -3.86. The topological polar surface area (TPSA) is 63.2 Å². The van der Waals surface area contributed by atoms with E-state index in [1.54, 1.807) is 0 Å². The molecule has 0 aliphatic rings. The molecule has 0 spiro atoms. The van der Waals surface area contributed by atoms with Crippen molar-refractivity contribution < 1.29 is 9.53 Å². The van der Waals surface area contributed by atoms with Crippen LogP contribution in [0.3, 0.4) is 0 Å². The summed E-state index contributed by atoms with van der Waals surface area (Å²) in [5, 5.41) is 7.31. The highest BCUT2D eigenvalue weighted by molar-refractivity contribution is 6.07. The molecule has 0 aliphatic heterocycles. The fourth-order valence-electron chi connectivity index (χ4n) is 3.78. The first-order chi connectivity index (χ1) is 16.1. The molecule has 1 amide bonds. The number of aryl methyl sites for hydroxylation is 1. The van der Waals surface area contributed by atoms with Gasteiger partial charge >= 0.3 is 0 Å². The van der Waals surface area contributed by atoms with Gasteiger partial charge in [0.05, 0.1) is 17.7 Å². The van der Waals surface area contributed by atoms with Crippen LogP contribution in [0, 0.1) is 0 Å². The van der Waals surface area contributed by atoms with Crippen molar-refractivity contribution >= 4 is 28.3 Å². The Labute approximate surface area is 194 Å². The van der Waals surface area contributed by atoms with E-state index < -0.39 is 0 Å². The second kappa shape index (κ2) is 10.6. The van der Waals surface area contributed by atoms with Crippen LogP contribution in [0.25, 0.3) is 10.9 Å². The molecule has 4 aromatic rings. The number of hydrogen-bond acceptors (Lipinski definition) is 4. The zero-order valence-corrected chi connectivity index (χ0v) is 19.0. The molecule has 0 aliphatic carbocycles. The molecular formula is C28H29N3O2. The molecule has 0 saturated heterocycles. The third-order valence-electron chi connectivity index (χ3n) is 5.48. The Balaban J connectivity index is 1.51. The van der Waals surface area contributed by atoms with Gasteiger partial charge in [0.15, 0.2) is 0 Å². The van der Waals surface area contributed by atoms with E-state index in [1.807, 2.05) is 86.6 Å². The molecular weight excluding hydrogens is 410 g/mol. The number of carbonyl (C=O) groups excluding carboxylic acids is 1. The first-order valence-electron chi connectivity index (χ1n) is 11.4. The second-order valence-corrected chi connectivity index (χ2v) is 8.05. The number of carbonyl (C=O) groups is 1. The molecule has 0 saturated carbocycles. The number of rotatable bonds is 9. The van der Waals surface area contributed by atoms with Crippen LogP contribution in [-0.2, 0) is 6.42 Å². The van der Waals surface area contributed by atoms with E-state index in [9.17, 15) is 4.79 Å². The fourth-order valence-corrected chi connectivity index (χ4v) is 3.78. The molecule has 0 fully saturated rings. The summed E-state index contributed by atoms with van der Waals surface area (Å²) in [6.45, 7) is 4.63. The largest absolute Gasteiger partial charge is 0.494 e. The van der Waals surface area contributed by atoms with E-state index in [1.165, 1.54) is 5.56 Å². The molecule has 1 atom stereocenters. The van der Waals surface area contributed by atoms with Gasteiger partial charge in [-0.3, -0.25) is 4.79 Å². The maximum absolute atomic E-state index is 13.2. The summed E-state index contributed by atoms with van der Waals surface area (Å²) in [4.78, 5) is 17.9. The van der Waals surface area contributed by atoms with Crippen molar-refractivity contribution in [1.29, 1.82) is 0 Å². The van der Waals surface area contributed by atoms with Crippen molar-refractivity contribution in [2.45, 2.75) is 32.7 Å². The molecule has 1 aromatic heterocycles. The number of amides is 1. The molecule has 4 rings (SSSR count). The number of fused-ring (bicyclic) bond motifs is 1. The molecule has 33 heavy (non-hydrogen) atoms. The number of ether oxygens (including phenoxy) is 1. The summed E-state index contributed by atoms with van der Waals surface area (Å²) < 4.78 is 5.51. The van der Waals surface area contributed by atoms with Gasteiger partial charge in [0.1, 0.15) is 11.6 Å². The van der Waals surface area contributed by atoms with Crippen LogP contribution in [0.15, 0.2) is 84.9 Å². The lowest BCUT2D eigenvalue weighted by Crippen LogP contribution is -2.33. The minimum Gasteiger partial charge on any atom is -0.494 e. The average Bonchev–Trinajstić information content (AvgIpc) is 2.84. The Morgan fingerprint density at radius 2 is 1.70 bits per heavy atom. The van der Waals surface area contributed by atoms with E-state index in [4.69, 9.17) is 9.72 Å². The molecule has 5 heteroatoms. The fraction of sp³-hybridized carbons (Fsp3) is 0.214. The summed E-state index contributed by atoms with van der Waals surface area (Å²) >= 11 is 0. The smallest absolute Gasteiger partial charge is 0.252 e. The number of aromatic nitrogens is 1. The van der Waals surface area contributed by atoms with Gasteiger partial charge in [0, 0.05) is 17.1 Å². The summed E-state index contributed by atoms with van der Waals surface area (Å²) in [6, 6.07) is 27.6. The van der Waals surface area contributed by atoms with Gasteiger partial charge in [0.2, 0.25) is 0 Å². The highest BCUT2D eigenvalue weighted by Crippen LogP contribution is 2.24. The monoisotopic (exact) mass is 439 g/mol. The first-order valence-corrected chi connectivity index (χ1v) is 11.4. The Morgan fingerprint density at radius 3 is 2.45 bits per heavy atom. The van der Waals surface area contributed by atoms with Crippen LogP contribution in [0.5, 0.6) is 5.75 Å². The maximum atomic E-state index is 13.2. The second-order valence-electron chi connectivity index (χ2n) is 8.05. The molecule has 168 valence electrons. The average molecular weight is 440 g/mol. The standard InChI is InChI=1S/C28H29N3O2/c1-3-33-23-17-15-22(16-18-23)30-27-19-25(24-11-7-8-12-26(24)31-27)28(32)29-20(2)13-14-21-9-5-4-6-10-21/h4-12,15-20H,3,13-14H2,1-2H3,(H,29,32)(H,30,31)/t20-/m0/s1. The molecule has 0 unspecified atom stereocenters. The van der Waals surface area contributed by atoms with Gasteiger partial charge in [-0.1, -0.05) is 48.5 Å². The molecule has 5 nitrogen and oxygen atoms in total. The minimum absolute atomic E-state index is 0.0483. The van der Waals surface area contributed by atoms with Crippen molar-refractivity contribution in [3.05, 3.63) is 96.1 Å². The maximum Gasteiger partial charge on any atom is 0.252 e. The predicted molar refractivity (Wildman–Crippen MR) is 134 cm³/mol. The van der Waals surface area contributed by atoms with Gasteiger partial charge < -0.3 is 15.4 Å². The van der Waals surface area contributed by atoms with Gasteiger partial charge in [-0.05, 0) is 68.7 Å². The number of anilines is 2. The normalized spacial score (nSPS) is 11.7. The van der Waals surface area contributed by atoms with Crippen molar-refractivity contribution in [3.8, 4) is 5.75 Å². The Kier molecular flexibility index (Phi) is 7.20. The zero-order valence-electron chi connectivity index (χ0n) is 19.0. The minimum atomic E-state index is -0.0936. The van der Waals surface area contributed by atoms with Gasteiger partial charge in [0.25, 0.3) is 5.91 Å². The van der Waals surface area contributed by atoms with E-state index in [-0.39, 0.29) is 11.9 Å². The molecule has 3 aromatic carbocycles. The number of para-hydroxylation sites is 1. The van der Waals surface area contributed by atoms with Crippen molar-refractivity contribution in [2.75, 3.05) is 11.9 Å². The molecule has 1 heterocycles. The lowest BCUT2D eigenvalue weighted by atomic mass is 10.0. The van der Waals surface area contributed by atoms with Crippen molar-refractivity contribution in [1.82, 2.24) is 10.3 Å². The molecule has 2 N–H and O–H groups in total. The third kappa shape index (κ3) is 5.89. The SMILES string of the molecule is CCOc1ccc(Nc2cc(C(=O)N[C@@H](C)CCc3ccccc3)c3ccccc3n2)cc1.